The molecule has 0 aromatic heterocycles. The lowest BCUT2D eigenvalue weighted by Crippen LogP contribution is -2.20. The number of amides is 1. The van der Waals surface area contributed by atoms with Gasteiger partial charge in [0.2, 0.25) is 5.91 Å². The molecule has 0 heterocycles. The number of anilines is 1. The van der Waals surface area contributed by atoms with Crippen molar-refractivity contribution < 1.29 is 22.7 Å². The second kappa shape index (κ2) is 7.40. The number of nitrogens with one attached hydrogen (secondary N) is 1. The van der Waals surface area contributed by atoms with Crippen molar-refractivity contribution >= 4 is 23.4 Å². The molecule has 1 aromatic rings. The van der Waals surface area contributed by atoms with E-state index in [-0.39, 0.29) is 18.9 Å². The summed E-state index contributed by atoms with van der Waals surface area (Å²) in [6, 6.07) is 7.20. The van der Waals surface area contributed by atoms with Crippen molar-refractivity contribution in [1.82, 2.24) is 0 Å². The van der Waals surface area contributed by atoms with Crippen LogP contribution in [0.2, 0.25) is 0 Å². The molecular weight excluding hydrogens is 279 g/mol. The van der Waals surface area contributed by atoms with E-state index < -0.39 is 12.8 Å². The summed E-state index contributed by atoms with van der Waals surface area (Å²) in [5.74, 6) is -0.375. The molecule has 7 heteroatoms. The van der Waals surface area contributed by atoms with Gasteiger partial charge >= 0.3 is 6.18 Å². The number of alkyl halides is 3. The second-order valence-corrected chi connectivity index (χ2v) is 4.58. The van der Waals surface area contributed by atoms with Crippen LogP contribution in [0.25, 0.3) is 0 Å². The molecule has 0 aliphatic carbocycles. The van der Waals surface area contributed by atoms with Crippen LogP contribution in [0.15, 0.2) is 29.2 Å². The van der Waals surface area contributed by atoms with E-state index in [1.165, 1.54) is 11.8 Å². The summed E-state index contributed by atoms with van der Waals surface area (Å²) in [4.78, 5) is 12.4. The van der Waals surface area contributed by atoms with Gasteiger partial charge in [0.1, 0.15) is 6.61 Å². The molecule has 1 amide bonds. The monoisotopic (exact) mass is 293 g/mol. The SMILES string of the molecule is CSc1cccc(NC(=O)CCOCC(F)(F)F)c1. The van der Waals surface area contributed by atoms with Crippen molar-refractivity contribution in [2.24, 2.45) is 0 Å². The molecule has 0 atom stereocenters. The standard InChI is InChI=1S/C12H14F3NO2S/c1-19-10-4-2-3-9(7-10)16-11(17)5-6-18-8-12(13,14)15/h2-4,7H,5-6,8H2,1H3,(H,16,17). The Morgan fingerprint density at radius 2 is 2.16 bits per heavy atom. The fourth-order valence-electron chi connectivity index (χ4n) is 1.28. The number of halogens is 3. The van der Waals surface area contributed by atoms with Crippen molar-refractivity contribution in [2.45, 2.75) is 17.5 Å². The summed E-state index contributed by atoms with van der Waals surface area (Å²) in [5.41, 5.74) is 0.618. The molecule has 0 aliphatic heterocycles. The summed E-state index contributed by atoms with van der Waals surface area (Å²) in [5, 5.41) is 2.60. The minimum absolute atomic E-state index is 0.112. The third-order valence-corrected chi connectivity index (χ3v) is 2.82. The number of benzene rings is 1. The van der Waals surface area contributed by atoms with Crippen LogP contribution in [0.3, 0.4) is 0 Å². The molecule has 0 radical (unpaired) electrons. The van der Waals surface area contributed by atoms with Crippen molar-refractivity contribution in [1.29, 1.82) is 0 Å². The predicted octanol–water partition coefficient (Wildman–Crippen LogP) is 3.32. The first-order chi connectivity index (χ1) is 8.90. The summed E-state index contributed by atoms with van der Waals surface area (Å²) >= 11 is 1.53. The molecule has 106 valence electrons. The van der Waals surface area contributed by atoms with E-state index in [4.69, 9.17) is 0 Å². The third kappa shape index (κ3) is 7.07. The van der Waals surface area contributed by atoms with Gasteiger partial charge in [0.05, 0.1) is 13.0 Å². The van der Waals surface area contributed by atoms with Crippen LogP contribution < -0.4 is 5.32 Å². The van der Waals surface area contributed by atoms with Crippen molar-refractivity contribution in [3.63, 3.8) is 0 Å². The van der Waals surface area contributed by atoms with Gasteiger partial charge < -0.3 is 10.1 Å². The van der Waals surface area contributed by atoms with Gasteiger partial charge in [-0.25, -0.2) is 0 Å². The molecule has 0 aliphatic rings. The average Bonchev–Trinajstić information content (AvgIpc) is 2.34. The summed E-state index contributed by atoms with van der Waals surface area (Å²) in [6.45, 7) is -1.59. The van der Waals surface area contributed by atoms with Gasteiger partial charge in [-0.15, -0.1) is 11.8 Å². The maximum Gasteiger partial charge on any atom is 0.411 e. The lowest BCUT2D eigenvalue weighted by atomic mass is 10.3. The van der Waals surface area contributed by atoms with Gasteiger partial charge in [-0.2, -0.15) is 13.2 Å². The first-order valence-corrected chi connectivity index (χ1v) is 6.71. The Hall–Kier alpha value is -1.21. The topological polar surface area (TPSA) is 38.3 Å². The largest absolute Gasteiger partial charge is 0.411 e. The molecule has 0 unspecified atom stereocenters. The van der Waals surface area contributed by atoms with Crippen LogP contribution in [0.4, 0.5) is 18.9 Å². The van der Waals surface area contributed by atoms with E-state index in [2.05, 4.69) is 10.1 Å². The van der Waals surface area contributed by atoms with Crippen molar-refractivity contribution in [2.75, 3.05) is 24.8 Å². The van der Waals surface area contributed by atoms with Crippen LogP contribution in [0, 0.1) is 0 Å². The quantitative estimate of drug-likeness (QED) is 0.646. The predicted molar refractivity (Wildman–Crippen MR) is 68.3 cm³/mol. The van der Waals surface area contributed by atoms with E-state index in [1.54, 1.807) is 18.2 Å². The fourth-order valence-corrected chi connectivity index (χ4v) is 1.74. The number of carbonyl (C=O) groups is 1. The van der Waals surface area contributed by atoms with E-state index in [0.717, 1.165) is 4.90 Å². The Kier molecular flexibility index (Phi) is 6.17. The van der Waals surface area contributed by atoms with Gasteiger partial charge in [-0.1, -0.05) is 6.07 Å². The number of hydrogen-bond donors (Lipinski definition) is 1. The molecule has 1 rings (SSSR count). The highest BCUT2D eigenvalue weighted by Crippen LogP contribution is 2.19. The van der Waals surface area contributed by atoms with Gasteiger partial charge in [0.15, 0.2) is 0 Å². The zero-order chi connectivity index (χ0) is 14.3. The van der Waals surface area contributed by atoms with E-state index in [0.29, 0.717) is 5.69 Å². The Bertz CT molecular complexity index is 424. The highest BCUT2D eigenvalue weighted by atomic mass is 32.2. The summed E-state index contributed by atoms with van der Waals surface area (Å²) in [7, 11) is 0. The summed E-state index contributed by atoms with van der Waals surface area (Å²) in [6.07, 6.45) is -2.56. The number of hydrogen-bond acceptors (Lipinski definition) is 3. The first-order valence-electron chi connectivity index (χ1n) is 5.49. The molecule has 0 fully saturated rings. The number of thioether (sulfide) groups is 1. The molecular formula is C12H14F3NO2S. The van der Waals surface area contributed by atoms with Gasteiger partial charge in [0.25, 0.3) is 0 Å². The number of ether oxygens (including phenoxy) is 1. The van der Waals surface area contributed by atoms with Gasteiger partial charge in [-0.3, -0.25) is 4.79 Å². The molecule has 0 spiro atoms. The van der Waals surface area contributed by atoms with E-state index >= 15 is 0 Å². The molecule has 19 heavy (non-hydrogen) atoms. The zero-order valence-corrected chi connectivity index (χ0v) is 11.1. The van der Waals surface area contributed by atoms with E-state index in [1.807, 2.05) is 12.3 Å². The highest BCUT2D eigenvalue weighted by Gasteiger charge is 2.27. The number of carbonyl (C=O) groups excluding carboxylic acids is 1. The van der Waals surface area contributed by atoms with Crippen LogP contribution >= 0.6 is 11.8 Å². The molecule has 0 bridgehead atoms. The molecule has 3 nitrogen and oxygen atoms in total. The Morgan fingerprint density at radius 1 is 1.42 bits per heavy atom. The second-order valence-electron chi connectivity index (χ2n) is 3.70. The lowest BCUT2D eigenvalue weighted by Gasteiger charge is -2.08. The zero-order valence-electron chi connectivity index (χ0n) is 10.3. The molecule has 1 N–H and O–H groups in total. The smallest absolute Gasteiger partial charge is 0.372 e. The molecule has 0 saturated carbocycles. The van der Waals surface area contributed by atoms with Crippen LogP contribution in [-0.4, -0.2) is 31.6 Å². The number of rotatable bonds is 6. The first kappa shape index (κ1) is 15.8. The highest BCUT2D eigenvalue weighted by molar-refractivity contribution is 7.98. The minimum atomic E-state index is -4.36. The summed E-state index contributed by atoms with van der Waals surface area (Å²) < 4.78 is 39.7. The van der Waals surface area contributed by atoms with E-state index in [9.17, 15) is 18.0 Å². The molecule has 1 aromatic carbocycles. The Morgan fingerprint density at radius 3 is 2.79 bits per heavy atom. The Balaban J connectivity index is 2.31. The van der Waals surface area contributed by atoms with Crippen LogP contribution in [-0.2, 0) is 9.53 Å². The van der Waals surface area contributed by atoms with Crippen molar-refractivity contribution in [3.05, 3.63) is 24.3 Å². The minimum Gasteiger partial charge on any atom is -0.372 e. The lowest BCUT2D eigenvalue weighted by molar-refractivity contribution is -0.174. The van der Waals surface area contributed by atoms with Crippen molar-refractivity contribution in [3.8, 4) is 0 Å². The average molecular weight is 293 g/mol. The third-order valence-electron chi connectivity index (χ3n) is 2.09. The Labute approximate surface area is 113 Å². The van der Waals surface area contributed by atoms with Crippen LogP contribution in [0.5, 0.6) is 0 Å². The molecule has 0 saturated heterocycles. The van der Waals surface area contributed by atoms with Gasteiger partial charge in [0, 0.05) is 10.6 Å². The maximum atomic E-state index is 11.8. The van der Waals surface area contributed by atoms with Gasteiger partial charge in [-0.05, 0) is 24.5 Å². The normalized spacial score (nSPS) is 11.4. The van der Waals surface area contributed by atoms with Crippen LogP contribution in [0.1, 0.15) is 6.42 Å². The maximum absolute atomic E-state index is 11.8. The fraction of sp³-hybridized carbons (Fsp3) is 0.417.